The number of carbonyl (C=O) groups excluding carboxylic acids is 2. The molecule has 1 atom stereocenters. The lowest BCUT2D eigenvalue weighted by Crippen LogP contribution is -2.39. The number of benzene rings is 1. The maximum absolute atomic E-state index is 12.5. The highest BCUT2D eigenvalue weighted by molar-refractivity contribution is 6.05. The minimum atomic E-state index is -1.13. The van der Waals surface area contributed by atoms with E-state index in [1.807, 2.05) is 12.1 Å². The van der Waals surface area contributed by atoms with Gasteiger partial charge in [0, 0.05) is 23.4 Å². The fourth-order valence-corrected chi connectivity index (χ4v) is 2.90. The van der Waals surface area contributed by atoms with E-state index in [-0.39, 0.29) is 11.9 Å². The molecule has 1 fully saturated rings. The summed E-state index contributed by atoms with van der Waals surface area (Å²) < 4.78 is 0. The van der Waals surface area contributed by atoms with Crippen LogP contribution in [0.4, 0.5) is 0 Å². The van der Waals surface area contributed by atoms with Gasteiger partial charge in [0.05, 0.1) is 0 Å². The van der Waals surface area contributed by atoms with Crippen molar-refractivity contribution in [1.29, 1.82) is 5.41 Å². The summed E-state index contributed by atoms with van der Waals surface area (Å²) in [5.41, 5.74) is 2.59. The molecule has 1 aromatic rings. The Bertz CT molecular complexity index is 766. The summed E-state index contributed by atoms with van der Waals surface area (Å²) in [6.45, 7) is 3.71. The largest absolute Gasteiger partial charge is 0.480 e. The highest BCUT2D eigenvalue weighted by Gasteiger charge is 2.23. The first kappa shape index (κ1) is 20.4. The van der Waals surface area contributed by atoms with Crippen LogP contribution >= 0.6 is 0 Å². The van der Waals surface area contributed by atoms with Crippen LogP contribution in [0.15, 0.2) is 35.9 Å². The van der Waals surface area contributed by atoms with Crippen molar-refractivity contribution in [3.8, 4) is 0 Å². The fraction of sp³-hybridized carbons (Fsp3) is 0.400. The second-order valence-electron chi connectivity index (χ2n) is 6.95. The number of nitrogens with one attached hydrogen (secondary N) is 3. The van der Waals surface area contributed by atoms with Gasteiger partial charge in [-0.25, -0.2) is 0 Å². The average molecular weight is 371 g/mol. The second kappa shape index (κ2) is 9.12. The van der Waals surface area contributed by atoms with E-state index in [0.29, 0.717) is 42.0 Å². The predicted molar refractivity (Wildman–Crippen MR) is 102 cm³/mol. The summed E-state index contributed by atoms with van der Waals surface area (Å²) in [5.74, 6) is -1.47. The Kier molecular flexibility index (Phi) is 6.87. The van der Waals surface area contributed by atoms with Crippen molar-refractivity contribution in [3.63, 3.8) is 0 Å². The molecule has 144 valence electrons. The van der Waals surface area contributed by atoms with Crippen molar-refractivity contribution in [2.24, 2.45) is 0 Å². The molecule has 0 radical (unpaired) electrons. The predicted octanol–water partition coefficient (Wildman–Crippen LogP) is 2.24. The van der Waals surface area contributed by atoms with Crippen LogP contribution in [0.2, 0.25) is 0 Å². The number of amides is 2. The summed E-state index contributed by atoms with van der Waals surface area (Å²) >= 11 is 0. The van der Waals surface area contributed by atoms with Crippen molar-refractivity contribution in [1.82, 2.24) is 10.6 Å². The van der Waals surface area contributed by atoms with E-state index in [1.54, 1.807) is 12.1 Å². The standard InChI is InChI=1S/C20H25N3O4/c1-12(2)13-3-5-14(6-4-13)20(27)23-16-7-8-17(21)15(9-16)10-18(24)22-11-19(25)26/h3-6,10,12,16,21H,7-9,11H2,1-2H3,(H,22,24)(H,23,27)(H,25,26)/b15-10-,21-17?. The Morgan fingerprint density at radius 3 is 2.52 bits per heavy atom. The van der Waals surface area contributed by atoms with E-state index in [4.69, 9.17) is 10.5 Å². The van der Waals surface area contributed by atoms with Crippen molar-refractivity contribution in [2.75, 3.05) is 6.54 Å². The molecular weight excluding hydrogens is 346 g/mol. The van der Waals surface area contributed by atoms with Gasteiger partial charge in [0.15, 0.2) is 0 Å². The SMILES string of the molecule is CC(C)c1ccc(C(=O)NC2CCC(=N)/C(=C\C(=O)NCC(=O)O)C2)cc1. The van der Waals surface area contributed by atoms with Gasteiger partial charge in [-0.2, -0.15) is 0 Å². The number of carboxylic acids is 1. The molecular formula is C20H25N3O4. The van der Waals surface area contributed by atoms with Gasteiger partial charge < -0.3 is 21.1 Å². The number of rotatable bonds is 6. The van der Waals surface area contributed by atoms with Crippen LogP contribution in [0.25, 0.3) is 0 Å². The molecule has 1 aliphatic carbocycles. The fourth-order valence-electron chi connectivity index (χ4n) is 2.90. The van der Waals surface area contributed by atoms with E-state index in [1.165, 1.54) is 6.08 Å². The molecule has 0 aromatic heterocycles. The summed E-state index contributed by atoms with van der Waals surface area (Å²) in [5, 5.41) is 21.8. The van der Waals surface area contributed by atoms with Crippen molar-refractivity contribution in [3.05, 3.63) is 47.0 Å². The molecule has 7 heteroatoms. The lowest BCUT2D eigenvalue weighted by molar-refractivity contribution is -0.137. The number of carbonyl (C=O) groups is 3. The van der Waals surface area contributed by atoms with Crippen LogP contribution in [-0.4, -0.2) is 41.2 Å². The van der Waals surface area contributed by atoms with Gasteiger partial charge in [0.25, 0.3) is 5.91 Å². The first-order valence-corrected chi connectivity index (χ1v) is 8.95. The minimum Gasteiger partial charge on any atom is -0.480 e. The quantitative estimate of drug-likeness (QED) is 0.573. The zero-order valence-corrected chi connectivity index (χ0v) is 15.5. The zero-order valence-electron chi connectivity index (χ0n) is 15.5. The summed E-state index contributed by atoms with van der Waals surface area (Å²) in [6, 6.07) is 7.30. The van der Waals surface area contributed by atoms with Gasteiger partial charge >= 0.3 is 5.97 Å². The molecule has 4 N–H and O–H groups in total. The number of aliphatic carboxylic acids is 1. The lowest BCUT2D eigenvalue weighted by Gasteiger charge is -2.26. The van der Waals surface area contributed by atoms with E-state index in [2.05, 4.69) is 24.5 Å². The molecule has 0 saturated heterocycles. The first-order valence-electron chi connectivity index (χ1n) is 8.95. The third-order valence-electron chi connectivity index (χ3n) is 4.49. The minimum absolute atomic E-state index is 0.171. The van der Waals surface area contributed by atoms with Crippen LogP contribution in [0.5, 0.6) is 0 Å². The molecule has 1 aliphatic rings. The molecule has 1 aromatic carbocycles. The van der Waals surface area contributed by atoms with E-state index >= 15 is 0 Å². The van der Waals surface area contributed by atoms with E-state index < -0.39 is 18.4 Å². The molecule has 27 heavy (non-hydrogen) atoms. The number of hydrogen-bond donors (Lipinski definition) is 4. The van der Waals surface area contributed by atoms with Gasteiger partial charge in [-0.1, -0.05) is 26.0 Å². The van der Waals surface area contributed by atoms with Gasteiger partial charge in [-0.3, -0.25) is 14.4 Å². The Hall–Kier alpha value is -2.96. The van der Waals surface area contributed by atoms with Crippen LogP contribution in [-0.2, 0) is 9.59 Å². The van der Waals surface area contributed by atoms with E-state index in [9.17, 15) is 14.4 Å². The zero-order chi connectivity index (χ0) is 20.0. The van der Waals surface area contributed by atoms with Gasteiger partial charge in [-0.15, -0.1) is 0 Å². The monoisotopic (exact) mass is 371 g/mol. The molecule has 0 bridgehead atoms. The lowest BCUT2D eigenvalue weighted by atomic mass is 9.88. The van der Waals surface area contributed by atoms with Gasteiger partial charge in [0.1, 0.15) is 6.54 Å². The van der Waals surface area contributed by atoms with Crippen molar-refractivity contribution < 1.29 is 19.5 Å². The van der Waals surface area contributed by atoms with E-state index in [0.717, 1.165) is 5.56 Å². The van der Waals surface area contributed by atoms with Gasteiger partial charge in [-0.05, 0) is 48.4 Å². The maximum Gasteiger partial charge on any atom is 0.322 e. The Balaban J connectivity index is 1.98. The summed E-state index contributed by atoms with van der Waals surface area (Å²) in [4.78, 5) is 34.7. The summed E-state index contributed by atoms with van der Waals surface area (Å²) in [7, 11) is 0. The molecule has 1 saturated carbocycles. The Morgan fingerprint density at radius 2 is 1.93 bits per heavy atom. The molecule has 0 spiro atoms. The van der Waals surface area contributed by atoms with Crippen LogP contribution in [0.1, 0.15) is 54.9 Å². The second-order valence-corrected chi connectivity index (χ2v) is 6.95. The Labute approximate surface area is 158 Å². The Morgan fingerprint density at radius 1 is 1.26 bits per heavy atom. The number of carboxylic acid groups (broad SMARTS) is 1. The topological polar surface area (TPSA) is 119 Å². The van der Waals surface area contributed by atoms with Crippen LogP contribution < -0.4 is 10.6 Å². The summed E-state index contributed by atoms with van der Waals surface area (Å²) in [6.07, 6.45) is 2.70. The van der Waals surface area contributed by atoms with Crippen molar-refractivity contribution >= 4 is 23.5 Å². The highest BCUT2D eigenvalue weighted by atomic mass is 16.4. The molecule has 7 nitrogen and oxygen atoms in total. The molecule has 0 heterocycles. The third kappa shape index (κ3) is 6.06. The molecule has 2 amide bonds. The molecule has 1 unspecified atom stereocenters. The van der Waals surface area contributed by atoms with Gasteiger partial charge in [0.2, 0.25) is 5.91 Å². The first-order chi connectivity index (χ1) is 12.8. The van der Waals surface area contributed by atoms with Crippen LogP contribution in [0.3, 0.4) is 0 Å². The molecule has 0 aliphatic heterocycles. The highest BCUT2D eigenvalue weighted by Crippen LogP contribution is 2.21. The third-order valence-corrected chi connectivity index (χ3v) is 4.49. The van der Waals surface area contributed by atoms with Crippen LogP contribution in [0, 0.1) is 5.41 Å². The molecule has 2 rings (SSSR count). The smallest absolute Gasteiger partial charge is 0.322 e. The normalized spacial score (nSPS) is 18.4. The average Bonchev–Trinajstić information content (AvgIpc) is 2.62. The maximum atomic E-state index is 12.5. The van der Waals surface area contributed by atoms with Crippen molar-refractivity contribution in [2.45, 2.75) is 45.1 Å². The number of hydrogen-bond acceptors (Lipinski definition) is 4.